The summed E-state index contributed by atoms with van der Waals surface area (Å²) < 4.78 is 4.56. The first-order valence-electron chi connectivity index (χ1n) is 3.02. The fourth-order valence-electron chi connectivity index (χ4n) is 0.349. The van der Waals surface area contributed by atoms with Crippen molar-refractivity contribution in [3.05, 3.63) is 0 Å². The minimum Gasteiger partial charge on any atom is -0.456 e. The summed E-state index contributed by atoms with van der Waals surface area (Å²) in [7, 11) is 0. The Balaban J connectivity index is 3.48. The van der Waals surface area contributed by atoms with E-state index in [1.807, 2.05) is 0 Å². The second-order valence-electron chi connectivity index (χ2n) is 1.46. The minimum absolute atomic E-state index is 0.391. The van der Waals surface area contributed by atoms with Gasteiger partial charge in [-0.25, -0.2) is 4.79 Å². The Hall–Kier alpha value is -0.490. The van der Waals surface area contributed by atoms with Crippen LogP contribution in [0.15, 0.2) is 0 Å². The van der Waals surface area contributed by atoms with Gasteiger partial charge in [-0.15, -0.1) is 0 Å². The highest BCUT2D eigenvalue weighted by Gasteiger charge is 1.90. The van der Waals surface area contributed by atoms with Crippen molar-refractivity contribution in [2.75, 3.05) is 11.9 Å². The van der Waals surface area contributed by atoms with Gasteiger partial charge < -0.3 is 4.74 Å². The lowest BCUT2D eigenvalue weighted by Crippen LogP contribution is -1.99. The summed E-state index contributed by atoms with van der Waals surface area (Å²) in [5.74, 6) is 4.55. The monoisotopic (exact) mass is 204 g/mol. The zero-order valence-electron chi connectivity index (χ0n) is 5.82. The number of alkyl halides is 1. The third kappa shape index (κ3) is 5.64. The Labute approximate surface area is 69.1 Å². The SMILES string of the molecule is CCOC(=O)C#CCCBr. The zero-order chi connectivity index (χ0) is 7.82. The number of hydrogen-bond donors (Lipinski definition) is 0. The molecule has 0 saturated heterocycles. The molecule has 0 saturated carbocycles. The lowest BCUT2D eigenvalue weighted by molar-refractivity contribution is -0.136. The zero-order valence-corrected chi connectivity index (χ0v) is 7.40. The molecule has 0 spiro atoms. The first kappa shape index (κ1) is 9.51. The number of ether oxygens (including phenoxy) is 1. The third-order valence-corrected chi connectivity index (χ3v) is 1.08. The second kappa shape index (κ2) is 6.63. The van der Waals surface area contributed by atoms with Crippen LogP contribution in [0.4, 0.5) is 0 Å². The molecule has 0 bridgehead atoms. The topological polar surface area (TPSA) is 26.3 Å². The molecule has 0 aliphatic carbocycles. The molecule has 0 radical (unpaired) electrons. The van der Waals surface area contributed by atoms with Gasteiger partial charge in [-0.2, -0.15) is 0 Å². The number of hydrogen-bond acceptors (Lipinski definition) is 2. The maximum absolute atomic E-state index is 10.5. The summed E-state index contributed by atoms with van der Waals surface area (Å²) in [4.78, 5) is 10.5. The maximum atomic E-state index is 10.5. The predicted octanol–water partition coefficient (Wildman–Crippen LogP) is 1.34. The molecule has 3 heteroatoms. The molecule has 56 valence electrons. The molecular weight excluding hydrogens is 196 g/mol. The first-order chi connectivity index (χ1) is 4.81. The van der Waals surface area contributed by atoms with Crippen LogP contribution in [0, 0.1) is 11.8 Å². The van der Waals surface area contributed by atoms with Gasteiger partial charge in [0.25, 0.3) is 0 Å². The van der Waals surface area contributed by atoms with Gasteiger partial charge in [0, 0.05) is 17.7 Å². The van der Waals surface area contributed by atoms with Gasteiger partial charge in [0.15, 0.2) is 0 Å². The van der Waals surface area contributed by atoms with Crippen molar-refractivity contribution in [3.8, 4) is 11.8 Å². The molecule has 0 unspecified atom stereocenters. The van der Waals surface area contributed by atoms with E-state index in [0.29, 0.717) is 13.0 Å². The van der Waals surface area contributed by atoms with Gasteiger partial charge in [-0.3, -0.25) is 0 Å². The van der Waals surface area contributed by atoms with Crippen LogP contribution in [0.1, 0.15) is 13.3 Å². The third-order valence-electron chi connectivity index (χ3n) is 0.685. The van der Waals surface area contributed by atoms with Gasteiger partial charge in [0.1, 0.15) is 0 Å². The van der Waals surface area contributed by atoms with Gasteiger partial charge in [0.2, 0.25) is 0 Å². The molecule has 0 fully saturated rings. The van der Waals surface area contributed by atoms with E-state index in [1.165, 1.54) is 0 Å². The average molecular weight is 205 g/mol. The molecule has 2 nitrogen and oxygen atoms in total. The van der Waals surface area contributed by atoms with Crippen molar-refractivity contribution < 1.29 is 9.53 Å². The summed E-state index contributed by atoms with van der Waals surface area (Å²) in [5, 5.41) is 0.791. The van der Waals surface area contributed by atoms with Crippen LogP contribution in [-0.4, -0.2) is 17.9 Å². The molecule has 0 amide bonds. The molecule has 0 N–H and O–H groups in total. The molecule has 0 aliphatic heterocycles. The van der Waals surface area contributed by atoms with Gasteiger partial charge >= 0.3 is 5.97 Å². The van der Waals surface area contributed by atoms with Crippen LogP contribution in [-0.2, 0) is 9.53 Å². The molecule has 0 aromatic heterocycles. The quantitative estimate of drug-likeness (QED) is 0.294. The van der Waals surface area contributed by atoms with Crippen molar-refractivity contribution in [2.45, 2.75) is 13.3 Å². The Morgan fingerprint density at radius 3 is 2.90 bits per heavy atom. The molecule has 0 atom stereocenters. The average Bonchev–Trinajstić information content (AvgIpc) is 1.89. The standard InChI is InChI=1S/C7H9BrO2/c1-2-10-7(9)5-3-4-6-8/h2,4,6H2,1H3. The van der Waals surface area contributed by atoms with E-state index in [0.717, 1.165) is 5.33 Å². The summed E-state index contributed by atoms with van der Waals surface area (Å²) in [6.45, 7) is 2.14. The van der Waals surface area contributed by atoms with Crippen molar-refractivity contribution in [3.63, 3.8) is 0 Å². The fourth-order valence-corrected chi connectivity index (χ4v) is 0.547. The number of carbonyl (C=O) groups excluding carboxylic acids is 1. The maximum Gasteiger partial charge on any atom is 0.384 e. The van der Waals surface area contributed by atoms with E-state index < -0.39 is 5.97 Å². The lowest BCUT2D eigenvalue weighted by Gasteiger charge is -1.89. The van der Waals surface area contributed by atoms with E-state index >= 15 is 0 Å². The molecule has 0 aliphatic rings. The van der Waals surface area contributed by atoms with E-state index in [-0.39, 0.29) is 0 Å². The van der Waals surface area contributed by atoms with Crippen LogP contribution in [0.3, 0.4) is 0 Å². The Bertz CT molecular complexity index is 155. The molecule has 0 rings (SSSR count). The molecule has 0 aromatic rings. The summed E-state index contributed by atoms with van der Waals surface area (Å²) in [6.07, 6.45) is 0.679. The highest BCUT2D eigenvalue weighted by atomic mass is 79.9. The number of rotatable bonds is 2. The van der Waals surface area contributed by atoms with Crippen LogP contribution in [0.25, 0.3) is 0 Å². The normalized spacial score (nSPS) is 7.80. The highest BCUT2D eigenvalue weighted by molar-refractivity contribution is 9.09. The fraction of sp³-hybridized carbons (Fsp3) is 0.571. The molecule has 0 heterocycles. The van der Waals surface area contributed by atoms with Crippen molar-refractivity contribution in [1.82, 2.24) is 0 Å². The summed E-state index contributed by atoms with van der Waals surface area (Å²) in [6, 6.07) is 0. The predicted molar refractivity (Wildman–Crippen MR) is 42.8 cm³/mol. The Morgan fingerprint density at radius 2 is 2.40 bits per heavy atom. The van der Waals surface area contributed by atoms with E-state index in [1.54, 1.807) is 6.92 Å². The highest BCUT2D eigenvalue weighted by Crippen LogP contribution is 1.83. The van der Waals surface area contributed by atoms with E-state index in [2.05, 4.69) is 32.5 Å². The Kier molecular flexibility index (Phi) is 6.30. The van der Waals surface area contributed by atoms with Crippen molar-refractivity contribution in [2.24, 2.45) is 0 Å². The van der Waals surface area contributed by atoms with Gasteiger partial charge in [-0.05, 0) is 6.92 Å². The van der Waals surface area contributed by atoms with E-state index in [9.17, 15) is 4.79 Å². The van der Waals surface area contributed by atoms with Crippen LogP contribution in [0.5, 0.6) is 0 Å². The molecule has 0 aromatic carbocycles. The second-order valence-corrected chi connectivity index (χ2v) is 2.25. The number of esters is 1. The summed E-state index contributed by atoms with van der Waals surface area (Å²) in [5.41, 5.74) is 0. The largest absolute Gasteiger partial charge is 0.456 e. The minimum atomic E-state index is -0.441. The van der Waals surface area contributed by atoms with E-state index in [4.69, 9.17) is 0 Å². The van der Waals surface area contributed by atoms with Crippen molar-refractivity contribution >= 4 is 21.9 Å². The Morgan fingerprint density at radius 1 is 1.70 bits per heavy atom. The number of halogens is 1. The van der Waals surface area contributed by atoms with Crippen molar-refractivity contribution in [1.29, 1.82) is 0 Å². The first-order valence-corrected chi connectivity index (χ1v) is 4.15. The molecular formula is C7H9BrO2. The number of carbonyl (C=O) groups is 1. The van der Waals surface area contributed by atoms with Crippen LogP contribution < -0.4 is 0 Å². The smallest absolute Gasteiger partial charge is 0.384 e. The molecule has 10 heavy (non-hydrogen) atoms. The van der Waals surface area contributed by atoms with Crippen LogP contribution in [0.2, 0.25) is 0 Å². The lowest BCUT2D eigenvalue weighted by atomic mass is 10.5. The summed E-state index contributed by atoms with van der Waals surface area (Å²) >= 11 is 3.18. The van der Waals surface area contributed by atoms with Crippen LogP contribution >= 0.6 is 15.9 Å². The van der Waals surface area contributed by atoms with Gasteiger partial charge in [-0.1, -0.05) is 21.9 Å². The van der Waals surface area contributed by atoms with Gasteiger partial charge in [0.05, 0.1) is 6.61 Å².